The van der Waals surface area contributed by atoms with E-state index in [0.717, 1.165) is 5.69 Å². The van der Waals surface area contributed by atoms with Crippen molar-refractivity contribution >= 4 is 29.3 Å². The molecule has 0 unspecified atom stereocenters. The molecule has 0 aliphatic heterocycles. The smallest absolute Gasteiger partial charge is 0.266 e. The Bertz CT molecular complexity index is 1060. The van der Waals surface area contributed by atoms with Gasteiger partial charge in [-0.15, -0.1) is 0 Å². The summed E-state index contributed by atoms with van der Waals surface area (Å²) in [4.78, 5) is 12.5. The number of rotatable bonds is 5. The number of anilines is 1. The predicted molar refractivity (Wildman–Crippen MR) is 109 cm³/mol. The molecule has 1 N–H and O–H groups in total. The normalized spacial score (nSPS) is 11.0. The Hall–Kier alpha value is -3.56. The van der Waals surface area contributed by atoms with Crippen LogP contribution in [0.1, 0.15) is 11.3 Å². The van der Waals surface area contributed by atoms with Crippen LogP contribution in [0.15, 0.2) is 60.2 Å². The molecule has 140 valence electrons. The molecule has 1 aromatic heterocycles. The quantitative estimate of drug-likeness (QED) is 0.516. The number of nitriles is 1. The number of aromatic nitrogens is 2. The van der Waals surface area contributed by atoms with Crippen LogP contribution in [0.4, 0.5) is 5.69 Å². The fourth-order valence-corrected chi connectivity index (χ4v) is 2.91. The minimum absolute atomic E-state index is 0.0755. The topological polar surface area (TPSA) is 79.9 Å². The van der Waals surface area contributed by atoms with Gasteiger partial charge >= 0.3 is 0 Å². The van der Waals surface area contributed by atoms with Gasteiger partial charge in [0.25, 0.3) is 5.91 Å². The first-order valence-corrected chi connectivity index (χ1v) is 8.79. The molecule has 7 heteroatoms. The number of methoxy groups -OCH3 is 1. The molecule has 0 atom stereocenters. The number of nitrogens with one attached hydrogen (secondary N) is 1. The molecule has 0 saturated heterocycles. The minimum atomic E-state index is -0.532. The maximum atomic E-state index is 12.5. The van der Waals surface area contributed by atoms with Crippen LogP contribution in [-0.2, 0) is 4.79 Å². The summed E-state index contributed by atoms with van der Waals surface area (Å²) in [5.74, 6) is 0.139. The van der Waals surface area contributed by atoms with E-state index in [-0.39, 0.29) is 5.57 Å². The Balaban J connectivity index is 1.89. The predicted octanol–water partition coefficient (Wildman–Crippen LogP) is 4.39. The van der Waals surface area contributed by atoms with Gasteiger partial charge in [0.15, 0.2) is 0 Å². The molecule has 1 amide bonds. The van der Waals surface area contributed by atoms with E-state index in [9.17, 15) is 10.1 Å². The van der Waals surface area contributed by atoms with Crippen LogP contribution >= 0.6 is 11.6 Å². The summed E-state index contributed by atoms with van der Waals surface area (Å²) < 4.78 is 6.66. The fourth-order valence-electron chi connectivity index (χ4n) is 2.58. The lowest BCUT2D eigenvalue weighted by Gasteiger charge is -2.06. The van der Waals surface area contributed by atoms with Gasteiger partial charge in [-0.25, -0.2) is 4.68 Å². The lowest BCUT2D eigenvalue weighted by molar-refractivity contribution is -0.112. The van der Waals surface area contributed by atoms with Crippen LogP contribution in [0.25, 0.3) is 11.8 Å². The number of benzene rings is 2. The third-order valence-corrected chi connectivity index (χ3v) is 4.41. The third kappa shape index (κ3) is 4.05. The zero-order valence-corrected chi connectivity index (χ0v) is 16.1. The van der Waals surface area contributed by atoms with Gasteiger partial charge in [-0.1, -0.05) is 29.8 Å². The largest absolute Gasteiger partial charge is 0.497 e. The van der Waals surface area contributed by atoms with E-state index in [2.05, 4.69) is 10.4 Å². The summed E-state index contributed by atoms with van der Waals surface area (Å²) in [7, 11) is 1.56. The highest BCUT2D eigenvalue weighted by molar-refractivity contribution is 6.31. The molecule has 2 aromatic carbocycles. The van der Waals surface area contributed by atoms with Crippen molar-refractivity contribution in [2.75, 3.05) is 12.4 Å². The van der Waals surface area contributed by atoms with E-state index < -0.39 is 5.91 Å². The van der Waals surface area contributed by atoms with Crippen molar-refractivity contribution in [3.05, 3.63) is 76.6 Å². The molecule has 3 rings (SSSR count). The molecule has 0 fully saturated rings. The summed E-state index contributed by atoms with van der Waals surface area (Å²) in [5.41, 5.74) is 2.39. The van der Waals surface area contributed by atoms with Crippen molar-refractivity contribution in [2.24, 2.45) is 0 Å². The average Bonchev–Trinajstić information content (AvgIpc) is 3.01. The second-order valence-corrected chi connectivity index (χ2v) is 6.25. The lowest BCUT2D eigenvalue weighted by Crippen LogP contribution is -2.13. The lowest BCUT2D eigenvalue weighted by atomic mass is 10.1. The first-order valence-electron chi connectivity index (χ1n) is 8.41. The first-order chi connectivity index (χ1) is 13.5. The maximum Gasteiger partial charge on any atom is 0.266 e. The molecule has 0 spiro atoms. The standard InChI is InChI=1S/C21H17ClN4O2/c1-14-19(20(22)26(25-14)17-6-4-3-5-7-17)12-15(13-23)21(27)24-16-8-10-18(28-2)11-9-16/h3-12H,1-2H3,(H,24,27). The SMILES string of the molecule is COc1ccc(NC(=O)C(C#N)=Cc2c(C)nn(-c3ccccc3)c2Cl)cc1. The Kier molecular flexibility index (Phi) is 5.78. The zero-order valence-electron chi connectivity index (χ0n) is 15.3. The van der Waals surface area contributed by atoms with Crippen LogP contribution in [0.3, 0.4) is 0 Å². The van der Waals surface area contributed by atoms with E-state index >= 15 is 0 Å². The van der Waals surface area contributed by atoms with Crippen molar-refractivity contribution in [2.45, 2.75) is 6.92 Å². The number of ether oxygens (including phenoxy) is 1. The summed E-state index contributed by atoms with van der Waals surface area (Å²) >= 11 is 6.46. The van der Waals surface area contributed by atoms with Crippen molar-refractivity contribution in [3.63, 3.8) is 0 Å². The van der Waals surface area contributed by atoms with Gasteiger partial charge < -0.3 is 10.1 Å². The second kappa shape index (κ2) is 8.42. The molecule has 1 heterocycles. The monoisotopic (exact) mass is 392 g/mol. The maximum absolute atomic E-state index is 12.5. The van der Waals surface area contributed by atoms with Crippen LogP contribution in [0.5, 0.6) is 5.75 Å². The minimum Gasteiger partial charge on any atom is -0.497 e. The average molecular weight is 393 g/mol. The van der Waals surface area contributed by atoms with Gasteiger partial charge in [0.2, 0.25) is 0 Å². The number of para-hydroxylation sites is 1. The van der Waals surface area contributed by atoms with Crippen molar-refractivity contribution < 1.29 is 9.53 Å². The molecular formula is C21H17ClN4O2. The first kappa shape index (κ1) is 19.2. The summed E-state index contributed by atoms with van der Waals surface area (Å²) in [5, 5.41) is 16.9. The Morgan fingerprint density at radius 3 is 2.50 bits per heavy atom. The number of carbonyl (C=O) groups is 1. The van der Waals surface area contributed by atoms with Gasteiger partial charge in [0.1, 0.15) is 22.5 Å². The van der Waals surface area contributed by atoms with Crippen LogP contribution in [-0.4, -0.2) is 22.8 Å². The van der Waals surface area contributed by atoms with Crippen LogP contribution in [0, 0.1) is 18.3 Å². The highest BCUT2D eigenvalue weighted by Gasteiger charge is 2.16. The van der Waals surface area contributed by atoms with Gasteiger partial charge in [0, 0.05) is 11.3 Å². The van der Waals surface area contributed by atoms with E-state index in [1.807, 2.05) is 36.4 Å². The van der Waals surface area contributed by atoms with Crippen LogP contribution < -0.4 is 10.1 Å². The number of halogens is 1. The van der Waals surface area contributed by atoms with Gasteiger partial charge in [-0.3, -0.25) is 4.79 Å². The third-order valence-electron chi connectivity index (χ3n) is 4.05. The van der Waals surface area contributed by atoms with Crippen molar-refractivity contribution in [3.8, 4) is 17.5 Å². The number of hydrogen-bond acceptors (Lipinski definition) is 4. The van der Waals surface area contributed by atoms with Crippen molar-refractivity contribution in [1.29, 1.82) is 5.26 Å². The number of hydrogen-bond donors (Lipinski definition) is 1. The molecule has 0 saturated carbocycles. The molecule has 0 aliphatic rings. The van der Waals surface area contributed by atoms with Gasteiger partial charge in [0.05, 0.1) is 18.5 Å². The van der Waals surface area contributed by atoms with Gasteiger partial charge in [-0.05, 0) is 49.4 Å². The highest BCUT2D eigenvalue weighted by atomic mass is 35.5. The van der Waals surface area contributed by atoms with E-state index in [4.69, 9.17) is 16.3 Å². The zero-order chi connectivity index (χ0) is 20.1. The Morgan fingerprint density at radius 1 is 1.21 bits per heavy atom. The number of nitrogens with zero attached hydrogens (tertiary/aromatic N) is 3. The summed E-state index contributed by atoms with van der Waals surface area (Å²) in [6.07, 6.45) is 1.45. The number of amides is 1. The second-order valence-electron chi connectivity index (χ2n) is 5.89. The van der Waals surface area contributed by atoms with E-state index in [0.29, 0.717) is 27.8 Å². The Morgan fingerprint density at radius 2 is 1.89 bits per heavy atom. The van der Waals surface area contributed by atoms with E-state index in [1.165, 1.54) is 6.08 Å². The molecule has 3 aromatic rings. The van der Waals surface area contributed by atoms with E-state index in [1.54, 1.807) is 43.0 Å². The van der Waals surface area contributed by atoms with Crippen molar-refractivity contribution in [1.82, 2.24) is 9.78 Å². The van der Waals surface area contributed by atoms with Gasteiger partial charge in [-0.2, -0.15) is 10.4 Å². The molecular weight excluding hydrogens is 376 g/mol. The highest BCUT2D eigenvalue weighted by Crippen LogP contribution is 2.26. The number of carbonyl (C=O) groups excluding carboxylic acids is 1. The molecule has 0 radical (unpaired) electrons. The number of aryl methyl sites for hydroxylation is 1. The molecule has 6 nitrogen and oxygen atoms in total. The summed E-state index contributed by atoms with van der Waals surface area (Å²) in [6.45, 7) is 1.77. The summed E-state index contributed by atoms with van der Waals surface area (Å²) in [6, 6.07) is 18.1. The molecule has 0 aliphatic carbocycles. The molecule has 28 heavy (non-hydrogen) atoms. The Labute approximate surface area is 167 Å². The van der Waals surface area contributed by atoms with Crippen LogP contribution in [0.2, 0.25) is 5.15 Å². The molecule has 0 bridgehead atoms. The fraction of sp³-hybridized carbons (Fsp3) is 0.0952.